The van der Waals surface area contributed by atoms with Crippen molar-refractivity contribution in [2.24, 2.45) is 5.84 Å². The Labute approximate surface area is 119 Å². The van der Waals surface area contributed by atoms with Crippen molar-refractivity contribution in [3.8, 4) is 0 Å². The van der Waals surface area contributed by atoms with Crippen molar-refractivity contribution in [1.29, 1.82) is 0 Å². The van der Waals surface area contributed by atoms with Crippen LogP contribution in [0.2, 0.25) is 5.02 Å². The van der Waals surface area contributed by atoms with Gasteiger partial charge in [0.15, 0.2) is 0 Å². The minimum Gasteiger partial charge on any atom is -0.271 e. The highest BCUT2D eigenvalue weighted by Crippen LogP contribution is 2.23. The number of hydrogen-bond donors (Lipinski definition) is 2. The monoisotopic (exact) mass is 274 g/mol. The fourth-order valence-corrected chi connectivity index (χ4v) is 2.38. The van der Waals surface area contributed by atoms with Crippen molar-refractivity contribution in [2.75, 3.05) is 0 Å². The molecule has 1 atom stereocenters. The molecule has 0 saturated carbocycles. The maximum Gasteiger partial charge on any atom is 0.0503 e. The molecular weight excluding hydrogens is 256 g/mol. The molecule has 0 fully saturated rings. The lowest BCUT2D eigenvalue weighted by Gasteiger charge is -2.19. The molecular formula is C16H19ClN2. The summed E-state index contributed by atoms with van der Waals surface area (Å²) in [6.45, 7) is 4.21. The standard InChI is InChI=1S/C16H19ClN2/c1-11-3-4-12(2)15(9-11)16(19-18)10-13-5-7-14(17)8-6-13/h3-9,16,19H,10,18H2,1-2H3. The van der Waals surface area contributed by atoms with Crippen LogP contribution in [0, 0.1) is 13.8 Å². The van der Waals surface area contributed by atoms with Gasteiger partial charge in [0.25, 0.3) is 0 Å². The van der Waals surface area contributed by atoms with E-state index in [0.29, 0.717) is 0 Å². The maximum atomic E-state index is 5.90. The molecule has 3 N–H and O–H groups in total. The topological polar surface area (TPSA) is 38.0 Å². The van der Waals surface area contributed by atoms with Crippen LogP contribution in [0.25, 0.3) is 0 Å². The molecule has 0 aliphatic heterocycles. The Balaban J connectivity index is 2.24. The fourth-order valence-electron chi connectivity index (χ4n) is 2.25. The molecule has 100 valence electrons. The zero-order chi connectivity index (χ0) is 13.8. The van der Waals surface area contributed by atoms with Crippen LogP contribution in [-0.4, -0.2) is 0 Å². The van der Waals surface area contributed by atoms with Gasteiger partial charge in [0.05, 0.1) is 6.04 Å². The highest BCUT2D eigenvalue weighted by molar-refractivity contribution is 6.30. The lowest BCUT2D eigenvalue weighted by molar-refractivity contribution is 0.549. The largest absolute Gasteiger partial charge is 0.271 e. The molecule has 0 heterocycles. The quantitative estimate of drug-likeness (QED) is 0.659. The first-order chi connectivity index (χ1) is 9.10. The summed E-state index contributed by atoms with van der Waals surface area (Å²) in [7, 11) is 0. The lowest BCUT2D eigenvalue weighted by atomic mass is 9.94. The number of benzene rings is 2. The Morgan fingerprint density at radius 1 is 1.11 bits per heavy atom. The van der Waals surface area contributed by atoms with E-state index >= 15 is 0 Å². The van der Waals surface area contributed by atoms with Gasteiger partial charge in [-0.05, 0) is 49.1 Å². The van der Waals surface area contributed by atoms with E-state index < -0.39 is 0 Å². The van der Waals surface area contributed by atoms with Crippen molar-refractivity contribution in [3.05, 3.63) is 69.7 Å². The molecule has 2 rings (SSSR count). The summed E-state index contributed by atoms with van der Waals surface area (Å²) in [5, 5.41) is 0.757. The molecule has 0 radical (unpaired) electrons. The Hall–Kier alpha value is -1.35. The second kappa shape index (κ2) is 6.20. The van der Waals surface area contributed by atoms with Crippen LogP contribution < -0.4 is 11.3 Å². The van der Waals surface area contributed by atoms with Crippen LogP contribution in [0.5, 0.6) is 0 Å². The van der Waals surface area contributed by atoms with E-state index in [1.54, 1.807) is 0 Å². The number of halogens is 1. The first-order valence-electron chi connectivity index (χ1n) is 6.38. The summed E-state index contributed by atoms with van der Waals surface area (Å²) in [5.41, 5.74) is 7.88. The van der Waals surface area contributed by atoms with Gasteiger partial charge in [-0.2, -0.15) is 0 Å². The Morgan fingerprint density at radius 3 is 2.42 bits per heavy atom. The van der Waals surface area contributed by atoms with Crippen molar-refractivity contribution in [1.82, 2.24) is 5.43 Å². The van der Waals surface area contributed by atoms with Gasteiger partial charge in [0.1, 0.15) is 0 Å². The van der Waals surface area contributed by atoms with Crippen LogP contribution in [0.15, 0.2) is 42.5 Å². The van der Waals surface area contributed by atoms with Gasteiger partial charge in [-0.15, -0.1) is 0 Å². The number of nitrogens with one attached hydrogen (secondary N) is 1. The van der Waals surface area contributed by atoms with E-state index in [4.69, 9.17) is 17.4 Å². The SMILES string of the molecule is Cc1ccc(C)c(C(Cc2ccc(Cl)cc2)NN)c1. The third kappa shape index (κ3) is 3.57. The van der Waals surface area contributed by atoms with E-state index in [9.17, 15) is 0 Å². The Morgan fingerprint density at radius 2 is 1.79 bits per heavy atom. The van der Waals surface area contributed by atoms with Crippen LogP contribution in [0.3, 0.4) is 0 Å². The third-order valence-electron chi connectivity index (χ3n) is 3.36. The predicted octanol–water partition coefficient (Wildman–Crippen LogP) is 3.70. The van der Waals surface area contributed by atoms with Gasteiger partial charge in [-0.1, -0.05) is 47.5 Å². The highest BCUT2D eigenvalue weighted by atomic mass is 35.5. The second-order valence-electron chi connectivity index (χ2n) is 4.91. The van der Waals surface area contributed by atoms with Crippen LogP contribution in [0.4, 0.5) is 0 Å². The molecule has 19 heavy (non-hydrogen) atoms. The van der Waals surface area contributed by atoms with E-state index in [1.165, 1.54) is 22.3 Å². The van der Waals surface area contributed by atoms with E-state index in [2.05, 4.69) is 37.5 Å². The molecule has 3 heteroatoms. The third-order valence-corrected chi connectivity index (χ3v) is 3.62. The van der Waals surface area contributed by atoms with E-state index in [-0.39, 0.29) is 6.04 Å². The smallest absolute Gasteiger partial charge is 0.0503 e. The second-order valence-corrected chi connectivity index (χ2v) is 5.35. The zero-order valence-corrected chi connectivity index (χ0v) is 12.0. The van der Waals surface area contributed by atoms with Crippen LogP contribution in [0.1, 0.15) is 28.3 Å². The molecule has 1 unspecified atom stereocenters. The van der Waals surface area contributed by atoms with Gasteiger partial charge in [0, 0.05) is 5.02 Å². The number of rotatable bonds is 4. The van der Waals surface area contributed by atoms with E-state index in [1.807, 2.05) is 24.3 Å². The summed E-state index contributed by atoms with van der Waals surface area (Å²) in [4.78, 5) is 0. The summed E-state index contributed by atoms with van der Waals surface area (Å²) in [5.74, 6) is 5.73. The highest BCUT2D eigenvalue weighted by Gasteiger charge is 2.13. The average Bonchev–Trinajstić information content (AvgIpc) is 2.41. The molecule has 0 spiro atoms. The van der Waals surface area contributed by atoms with Gasteiger partial charge in [-0.25, -0.2) is 0 Å². The number of nitrogens with two attached hydrogens (primary N) is 1. The minimum absolute atomic E-state index is 0.112. The Kier molecular flexibility index (Phi) is 4.59. The number of hydrazine groups is 1. The summed E-state index contributed by atoms with van der Waals surface area (Å²) in [6.07, 6.45) is 0.845. The van der Waals surface area contributed by atoms with Crippen molar-refractivity contribution >= 4 is 11.6 Å². The zero-order valence-electron chi connectivity index (χ0n) is 11.3. The number of hydrogen-bond acceptors (Lipinski definition) is 2. The van der Waals surface area contributed by atoms with Crippen molar-refractivity contribution < 1.29 is 0 Å². The van der Waals surface area contributed by atoms with E-state index in [0.717, 1.165) is 11.4 Å². The fraction of sp³-hybridized carbons (Fsp3) is 0.250. The first-order valence-corrected chi connectivity index (χ1v) is 6.75. The van der Waals surface area contributed by atoms with Gasteiger partial charge < -0.3 is 0 Å². The maximum absolute atomic E-state index is 5.90. The van der Waals surface area contributed by atoms with Gasteiger partial charge in [-0.3, -0.25) is 11.3 Å². The molecule has 2 nitrogen and oxygen atoms in total. The van der Waals surface area contributed by atoms with Crippen molar-refractivity contribution in [3.63, 3.8) is 0 Å². The lowest BCUT2D eigenvalue weighted by Crippen LogP contribution is -2.30. The average molecular weight is 275 g/mol. The summed E-state index contributed by atoms with van der Waals surface area (Å²) in [6, 6.07) is 14.5. The van der Waals surface area contributed by atoms with Crippen LogP contribution in [-0.2, 0) is 6.42 Å². The van der Waals surface area contributed by atoms with Gasteiger partial charge >= 0.3 is 0 Å². The molecule has 0 amide bonds. The molecule has 2 aromatic carbocycles. The molecule has 0 aromatic heterocycles. The number of aryl methyl sites for hydroxylation is 2. The predicted molar refractivity (Wildman–Crippen MR) is 81.1 cm³/mol. The minimum atomic E-state index is 0.112. The summed E-state index contributed by atoms with van der Waals surface area (Å²) >= 11 is 5.90. The Bertz CT molecular complexity index is 549. The summed E-state index contributed by atoms with van der Waals surface area (Å²) < 4.78 is 0. The molecule has 0 saturated heterocycles. The normalized spacial score (nSPS) is 12.4. The molecule has 0 bridgehead atoms. The first kappa shape index (κ1) is 14.1. The van der Waals surface area contributed by atoms with Gasteiger partial charge in [0.2, 0.25) is 0 Å². The van der Waals surface area contributed by atoms with Crippen molar-refractivity contribution in [2.45, 2.75) is 26.3 Å². The molecule has 0 aliphatic rings. The van der Waals surface area contributed by atoms with Crippen LogP contribution >= 0.6 is 11.6 Å². The molecule has 0 aliphatic carbocycles. The molecule has 2 aromatic rings.